The van der Waals surface area contributed by atoms with Crippen LogP contribution >= 0.6 is 11.3 Å². The van der Waals surface area contributed by atoms with Crippen LogP contribution in [-0.2, 0) is 13.0 Å². The van der Waals surface area contributed by atoms with Crippen LogP contribution in [-0.4, -0.2) is 4.98 Å². The van der Waals surface area contributed by atoms with E-state index in [1.807, 2.05) is 23.5 Å². The first-order chi connectivity index (χ1) is 8.31. The fourth-order valence-corrected chi connectivity index (χ4v) is 2.40. The zero-order valence-corrected chi connectivity index (χ0v) is 10.4. The molecule has 0 aromatic carbocycles. The highest BCUT2D eigenvalue weighted by atomic mass is 32.1. The third-order valence-corrected chi connectivity index (χ3v) is 3.64. The Morgan fingerprint density at radius 2 is 2.18 bits per heavy atom. The average molecular weight is 243 g/mol. The molecule has 2 heterocycles. The van der Waals surface area contributed by atoms with Crippen molar-refractivity contribution in [3.8, 4) is 6.07 Å². The van der Waals surface area contributed by atoms with Crippen molar-refractivity contribution in [2.45, 2.75) is 19.9 Å². The number of pyridine rings is 1. The largest absolute Gasteiger partial charge is 0.380 e. The van der Waals surface area contributed by atoms with E-state index in [2.05, 4.69) is 29.4 Å². The number of hydrogen-bond acceptors (Lipinski definition) is 4. The molecular formula is C13H13N3S. The molecule has 0 atom stereocenters. The highest BCUT2D eigenvalue weighted by Crippen LogP contribution is 2.18. The third kappa shape index (κ3) is 3.05. The van der Waals surface area contributed by atoms with Crippen LogP contribution in [0.4, 0.5) is 5.69 Å². The topological polar surface area (TPSA) is 48.7 Å². The average Bonchev–Trinajstić information content (AvgIpc) is 2.84. The Bertz CT molecular complexity index is 540. The summed E-state index contributed by atoms with van der Waals surface area (Å²) in [7, 11) is 0. The maximum absolute atomic E-state index is 8.74. The summed E-state index contributed by atoms with van der Waals surface area (Å²) in [5.74, 6) is 0. The molecular weight excluding hydrogens is 230 g/mol. The molecule has 0 saturated carbocycles. The van der Waals surface area contributed by atoms with Crippen LogP contribution in [0.3, 0.4) is 0 Å². The van der Waals surface area contributed by atoms with Crippen molar-refractivity contribution in [2.24, 2.45) is 0 Å². The van der Waals surface area contributed by atoms with Gasteiger partial charge in [-0.15, -0.1) is 11.3 Å². The lowest BCUT2D eigenvalue weighted by Gasteiger charge is -2.04. The van der Waals surface area contributed by atoms with E-state index < -0.39 is 0 Å². The minimum Gasteiger partial charge on any atom is -0.380 e. The molecule has 2 rings (SSSR count). The highest BCUT2D eigenvalue weighted by molar-refractivity contribution is 7.12. The molecule has 2 aromatic rings. The summed E-state index contributed by atoms with van der Waals surface area (Å²) in [6, 6.07) is 9.96. The van der Waals surface area contributed by atoms with E-state index in [1.54, 1.807) is 12.3 Å². The van der Waals surface area contributed by atoms with Crippen molar-refractivity contribution in [3.63, 3.8) is 0 Å². The second kappa shape index (κ2) is 5.46. The van der Waals surface area contributed by atoms with Crippen LogP contribution in [0.25, 0.3) is 0 Å². The minimum absolute atomic E-state index is 0.440. The predicted octanol–water partition coefficient (Wildman–Crippen LogP) is 3.19. The summed E-state index contributed by atoms with van der Waals surface area (Å²) in [6.07, 6.45) is 2.73. The number of anilines is 1. The first-order valence-electron chi connectivity index (χ1n) is 5.49. The Hall–Kier alpha value is -1.86. The first kappa shape index (κ1) is 11.6. The Balaban J connectivity index is 1.99. The number of aryl methyl sites for hydroxylation is 1. The Morgan fingerprint density at radius 3 is 2.88 bits per heavy atom. The summed E-state index contributed by atoms with van der Waals surface area (Å²) in [6.45, 7) is 2.95. The predicted molar refractivity (Wildman–Crippen MR) is 70.0 cm³/mol. The minimum atomic E-state index is 0.440. The molecule has 3 nitrogen and oxygen atoms in total. The molecule has 0 aliphatic carbocycles. The van der Waals surface area contributed by atoms with Gasteiger partial charge in [0.15, 0.2) is 0 Å². The normalized spacial score (nSPS) is 9.88. The first-order valence-corrected chi connectivity index (χ1v) is 6.31. The lowest BCUT2D eigenvalue weighted by Crippen LogP contribution is -1.98. The van der Waals surface area contributed by atoms with E-state index in [-0.39, 0.29) is 0 Å². The van der Waals surface area contributed by atoms with E-state index in [9.17, 15) is 0 Å². The van der Waals surface area contributed by atoms with E-state index in [0.717, 1.165) is 18.7 Å². The van der Waals surface area contributed by atoms with Crippen molar-refractivity contribution in [3.05, 3.63) is 45.9 Å². The SMILES string of the molecule is CCc1ccc(CNc2ccnc(C#N)c2)s1. The Labute approximate surface area is 105 Å². The quantitative estimate of drug-likeness (QED) is 0.897. The maximum Gasteiger partial charge on any atom is 0.142 e. The monoisotopic (exact) mass is 243 g/mol. The van der Waals surface area contributed by atoms with E-state index in [1.165, 1.54) is 9.75 Å². The van der Waals surface area contributed by atoms with Gasteiger partial charge in [0, 0.05) is 28.2 Å². The van der Waals surface area contributed by atoms with Gasteiger partial charge in [0.2, 0.25) is 0 Å². The Kier molecular flexibility index (Phi) is 3.73. The number of nitrogens with zero attached hydrogens (tertiary/aromatic N) is 2. The zero-order valence-electron chi connectivity index (χ0n) is 9.60. The number of thiophene rings is 1. The number of hydrogen-bond donors (Lipinski definition) is 1. The molecule has 0 amide bonds. The van der Waals surface area contributed by atoms with Gasteiger partial charge in [-0.05, 0) is 30.7 Å². The van der Waals surface area contributed by atoms with Crippen LogP contribution in [0.2, 0.25) is 0 Å². The van der Waals surface area contributed by atoms with Crippen LogP contribution in [0.1, 0.15) is 22.4 Å². The molecule has 2 aromatic heterocycles. The van der Waals surface area contributed by atoms with Gasteiger partial charge < -0.3 is 5.32 Å². The zero-order chi connectivity index (χ0) is 12.1. The van der Waals surface area contributed by atoms with Crippen molar-refractivity contribution in [1.29, 1.82) is 5.26 Å². The molecule has 0 unspecified atom stereocenters. The summed E-state index contributed by atoms with van der Waals surface area (Å²) >= 11 is 1.82. The summed E-state index contributed by atoms with van der Waals surface area (Å²) in [5, 5.41) is 12.0. The number of rotatable bonds is 4. The van der Waals surface area contributed by atoms with Crippen molar-refractivity contribution >= 4 is 17.0 Å². The van der Waals surface area contributed by atoms with Crippen LogP contribution in [0.15, 0.2) is 30.5 Å². The molecule has 0 aliphatic heterocycles. The molecule has 86 valence electrons. The van der Waals surface area contributed by atoms with Gasteiger partial charge in [-0.25, -0.2) is 4.98 Å². The third-order valence-electron chi connectivity index (χ3n) is 2.41. The molecule has 0 bridgehead atoms. The van der Waals surface area contributed by atoms with Crippen LogP contribution in [0, 0.1) is 11.3 Å². The van der Waals surface area contributed by atoms with Crippen molar-refractivity contribution in [2.75, 3.05) is 5.32 Å². The Morgan fingerprint density at radius 1 is 1.35 bits per heavy atom. The van der Waals surface area contributed by atoms with E-state index in [4.69, 9.17) is 5.26 Å². The molecule has 0 fully saturated rings. The molecule has 0 spiro atoms. The lowest BCUT2D eigenvalue weighted by atomic mass is 10.3. The van der Waals surface area contributed by atoms with Crippen molar-refractivity contribution in [1.82, 2.24) is 4.98 Å². The van der Waals surface area contributed by atoms with Gasteiger partial charge in [0.25, 0.3) is 0 Å². The van der Waals surface area contributed by atoms with E-state index >= 15 is 0 Å². The summed E-state index contributed by atoms with van der Waals surface area (Å²) in [4.78, 5) is 6.63. The molecule has 1 N–H and O–H groups in total. The smallest absolute Gasteiger partial charge is 0.142 e. The van der Waals surface area contributed by atoms with Gasteiger partial charge in [-0.3, -0.25) is 0 Å². The van der Waals surface area contributed by atoms with Gasteiger partial charge in [0.05, 0.1) is 0 Å². The van der Waals surface area contributed by atoms with Crippen LogP contribution in [0.5, 0.6) is 0 Å². The maximum atomic E-state index is 8.74. The molecule has 17 heavy (non-hydrogen) atoms. The second-order valence-corrected chi connectivity index (χ2v) is 4.87. The van der Waals surface area contributed by atoms with Crippen molar-refractivity contribution < 1.29 is 0 Å². The standard InChI is InChI=1S/C13H13N3S/c1-2-12-3-4-13(17-12)9-16-10-5-6-15-11(7-10)8-14/h3-7H,2,9H2,1H3,(H,15,16). The fourth-order valence-electron chi connectivity index (χ4n) is 1.50. The molecule has 0 aliphatic rings. The number of aromatic nitrogens is 1. The highest BCUT2D eigenvalue weighted by Gasteiger charge is 1.99. The van der Waals surface area contributed by atoms with Gasteiger partial charge in [-0.1, -0.05) is 6.92 Å². The number of nitrogens with one attached hydrogen (secondary N) is 1. The molecule has 0 radical (unpaired) electrons. The van der Waals surface area contributed by atoms with Crippen LogP contribution < -0.4 is 5.32 Å². The van der Waals surface area contributed by atoms with Gasteiger partial charge in [0.1, 0.15) is 11.8 Å². The molecule has 4 heteroatoms. The lowest BCUT2D eigenvalue weighted by molar-refractivity contribution is 1.17. The molecule has 0 saturated heterocycles. The van der Waals surface area contributed by atoms with E-state index in [0.29, 0.717) is 5.69 Å². The van der Waals surface area contributed by atoms with Gasteiger partial charge >= 0.3 is 0 Å². The summed E-state index contributed by atoms with van der Waals surface area (Å²) in [5.41, 5.74) is 1.37. The second-order valence-electron chi connectivity index (χ2n) is 3.62. The van der Waals surface area contributed by atoms with Gasteiger partial charge in [-0.2, -0.15) is 5.26 Å². The summed E-state index contributed by atoms with van der Waals surface area (Å²) < 4.78 is 0. The fraction of sp³-hybridized carbons (Fsp3) is 0.231. The number of nitriles is 1.